The molecule has 2 rings (SSSR count). The fraction of sp³-hybridized carbons (Fsp3) is 0.214. The molecule has 3 nitrogen and oxygen atoms in total. The van der Waals surface area contributed by atoms with Crippen LogP contribution in [-0.2, 0) is 9.53 Å². The van der Waals surface area contributed by atoms with E-state index in [9.17, 15) is 9.90 Å². The molecule has 0 aliphatic rings. The Kier molecular flexibility index (Phi) is 3.43. The van der Waals surface area contributed by atoms with Crippen molar-refractivity contribution < 1.29 is 14.6 Å². The van der Waals surface area contributed by atoms with Crippen molar-refractivity contribution in [2.24, 2.45) is 0 Å². The maximum atomic E-state index is 11.6. The molecule has 0 saturated heterocycles. The molecule has 0 fully saturated rings. The first-order valence-electron chi connectivity index (χ1n) is 5.53. The van der Waals surface area contributed by atoms with Crippen molar-refractivity contribution in [3.05, 3.63) is 40.9 Å². The van der Waals surface area contributed by atoms with Crippen LogP contribution in [0.1, 0.15) is 18.4 Å². The van der Waals surface area contributed by atoms with E-state index in [0.29, 0.717) is 10.4 Å². The lowest BCUT2D eigenvalue weighted by atomic mass is 9.94. The number of aromatic hydroxyl groups is 1. The smallest absolute Gasteiger partial charge is 0.312 e. The van der Waals surface area contributed by atoms with Crippen molar-refractivity contribution in [1.29, 1.82) is 0 Å². The van der Waals surface area contributed by atoms with Gasteiger partial charge in [0.1, 0.15) is 5.75 Å². The van der Waals surface area contributed by atoms with Gasteiger partial charge in [0.25, 0.3) is 0 Å². The van der Waals surface area contributed by atoms with Crippen molar-refractivity contribution in [1.82, 2.24) is 0 Å². The zero-order valence-corrected chi connectivity index (χ0v) is 10.9. The molecule has 0 aliphatic heterocycles. The summed E-state index contributed by atoms with van der Waals surface area (Å²) in [4.78, 5) is 11.6. The third kappa shape index (κ3) is 2.14. The van der Waals surface area contributed by atoms with Crippen LogP contribution in [0, 0.1) is 0 Å². The van der Waals surface area contributed by atoms with Crippen molar-refractivity contribution in [2.75, 3.05) is 7.11 Å². The number of hydrogen-bond acceptors (Lipinski definition) is 3. The van der Waals surface area contributed by atoms with Crippen LogP contribution in [0.4, 0.5) is 0 Å². The maximum absolute atomic E-state index is 11.6. The minimum atomic E-state index is -0.390. The van der Waals surface area contributed by atoms with Gasteiger partial charge in [-0.15, -0.1) is 0 Å². The summed E-state index contributed by atoms with van der Waals surface area (Å²) in [5.41, 5.74) is 0.811. The second kappa shape index (κ2) is 4.86. The Balaban J connectivity index is 2.66. The zero-order valence-electron chi connectivity index (χ0n) is 10.1. The van der Waals surface area contributed by atoms with Gasteiger partial charge in [-0.1, -0.05) is 23.7 Å². The molecule has 0 bridgehead atoms. The second-order valence-corrected chi connectivity index (χ2v) is 4.55. The van der Waals surface area contributed by atoms with Crippen molar-refractivity contribution in [2.45, 2.75) is 12.8 Å². The number of phenols is 1. The van der Waals surface area contributed by atoms with E-state index in [1.807, 2.05) is 0 Å². The molecule has 0 saturated carbocycles. The molecule has 0 aromatic heterocycles. The van der Waals surface area contributed by atoms with E-state index in [1.165, 1.54) is 7.11 Å². The van der Waals surface area contributed by atoms with Gasteiger partial charge in [0.2, 0.25) is 0 Å². The number of rotatable bonds is 2. The van der Waals surface area contributed by atoms with E-state index in [1.54, 1.807) is 37.3 Å². The normalized spacial score (nSPS) is 12.4. The molecule has 1 unspecified atom stereocenters. The summed E-state index contributed by atoms with van der Waals surface area (Å²) >= 11 is 5.91. The molecule has 1 atom stereocenters. The molecule has 1 N–H and O–H groups in total. The topological polar surface area (TPSA) is 46.5 Å². The van der Waals surface area contributed by atoms with Crippen molar-refractivity contribution in [3.8, 4) is 5.75 Å². The molecule has 18 heavy (non-hydrogen) atoms. The predicted octanol–water partition coefficient (Wildman–Crippen LogP) is 3.48. The van der Waals surface area contributed by atoms with Gasteiger partial charge in [-0.3, -0.25) is 4.79 Å². The SMILES string of the molecule is COC(=O)C(C)c1ccc(O)c2cc(Cl)ccc12. The standard InChI is InChI=1S/C14H13ClO3/c1-8(14(17)18-2)10-5-6-13(16)12-7-9(15)3-4-11(10)12/h3-8,16H,1-2H3. The number of esters is 1. The first kappa shape index (κ1) is 12.7. The molecule has 2 aromatic rings. The van der Waals surface area contributed by atoms with Crippen LogP contribution in [-0.4, -0.2) is 18.2 Å². The largest absolute Gasteiger partial charge is 0.507 e. The van der Waals surface area contributed by atoms with Crippen LogP contribution in [0.5, 0.6) is 5.75 Å². The molecule has 0 amide bonds. The van der Waals surface area contributed by atoms with E-state index < -0.39 is 0 Å². The van der Waals surface area contributed by atoms with E-state index in [-0.39, 0.29) is 17.6 Å². The van der Waals surface area contributed by atoms with Crippen LogP contribution in [0.25, 0.3) is 10.8 Å². The number of ether oxygens (including phenoxy) is 1. The zero-order chi connectivity index (χ0) is 13.3. The van der Waals surface area contributed by atoms with Crippen LogP contribution in [0.15, 0.2) is 30.3 Å². The Hall–Kier alpha value is -1.74. The minimum absolute atomic E-state index is 0.147. The van der Waals surface area contributed by atoms with Crippen LogP contribution >= 0.6 is 11.6 Å². The molecule has 4 heteroatoms. The maximum Gasteiger partial charge on any atom is 0.312 e. The van der Waals surface area contributed by atoms with Crippen molar-refractivity contribution in [3.63, 3.8) is 0 Å². The number of carbonyl (C=O) groups excluding carboxylic acids is 1. The number of hydrogen-bond donors (Lipinski definition) is 1. The third-order valence-corrected chi connectivity index (χ3v) is 3.25. The van der Waals surface area contributed by atoms with E-state index in [2.05, 4.69) is 0 Å². The molecule has 0 aliphatic carbocycles. The fourth-order valence-corrected chi connectivity index (χ4v) is 2.18. The Morgan fingerprint density at radius 2 is 2.00 bits per heavy atom. The molecule has 2 aromatic carbocycles. The summed E-state index contributed by atoms with van der Waals surface area (Å²) in [6, 6.07) is 8.50. The van der Waals surface area contributed by atoms with Gasteiger partial charge < -0.3 is 9.84 Å². The summed E-state index contributed by atoms with van der Waals surface area (Å²) in [7, 11) is 1.36. The first-order valence-corrected chi connectivity index (χ1v) is 5.91. The van der Waals surface area contributed by atoms with Gasteiger partial charge >= 0.3 is 5.97 Å². The Morgan fingerprint density at radius 3 is 2.67 bits per heavy atom. The summed E-state index contributed by atoms with van der Waals surface area (Å²) in [5.74, 6) is -0.551. The van der Waals surface area contributed by atoms with Gasteiger partial charge in [0.05, 0.1) is 13.0 Å². The third-order valence-electron chi connectivity index (χ3n) is 3.01. The van der Waals surface area contributed by atoms with Gasteiger partial charge in [0, 0.05) is 10.4 Å². The quantitative estimate of drug-likeness (QED) is 0.845. The molecule has 0 heterocycles. The summed E-state index contributed by atoms with van der Waals surface area (Å²) in [6.07, 6.45) is 0. The van der Waals surface area contributed by atoms with Gasteiger partial charge in [-0.25, -0.2) is 0 Å². The predicted molar refractivity (Wildman–Crippen MR) is 71.1 cm³/mol. The van der Waals surface area contributed by atoms with E-state index in [4.69, 9.17) is 16.3 Å². The minimum Gasteiger partial charge on any atom is -0.507 e. The highest BCUT2D eigenvalue weighted by Crippen LogP contribution is 2.33. The van der Waals surface area contributed by atoms with Crippen molar-refractivity contribution >= 4 is 28.3 Å². The highest BCUT2D eigenvalue weighted by Gasteiger charge is 2.19. The number of carbonyl (C=O) groups is 1. The molecule has 94 valence electrons. The monoisotopic (exact) mass is 264 g/mol. The highest BCUT2D eigenvalue weighted by atomic mass is 35.5. The second-order valence-electron chi connectivity index (χ2n) is 4.11. The van der Waals surface area contributed by atoms with E-state index in [0.717, 1.165) is 10.9 Å². The number of halogens is 1. The fourth-order valence-electron chi connectivity index (χ4n) is 2.01. The van der Waals surface area contributed by atoms with Crippen LogP contribution in [0.2, 0.25) is 5.02 Å². The Bertz CT molecular complexity index is 607. The van der Waals surface area contributed by atoms with Gasteiger partial charge in [0.15, 0.2) is 0 Å². The molecule has 0 radical (unpaired) electrons. The molecule has 0 spiro atoms. The summed E-state index contributed by atoms with van der Waals surface area (Å²) in [5, 5.41) is 11.8. The number of methoxy groups -OCH3 is 1. The average molecular weight is 265 g/mol. The first-order chi connectivity index (χ1) is 8.54. The van der Waals surface area contributed by atoms with E-state index >= 15 is 0 Å². The highest BCUT2D eigenvalue weighted by molar-refractivity contribution is 6.31. The number of benzene rings is 2. The lowest BCUT2D eigenvalue weighted by Gasteiger charge is -2.13. The van der Waals surface area contributed by atoms with Gasteiger partial charge in [-0.2, -0.15) is 0 Å². The lowest BCUT2D eigenvalue weighted by Crippen LogP contribution is -2.11. The molecular weight excluding hydrogens is 252 g/mol. The average Bonchev–Trinajstić information content (AvgIpc) is 2.38. The summed E-state index contributed by atoms with van der Waals surface area (Å²) < 4.78 is 4.74. The lowest BCUT2D eigenvalue weighted by molar-refractivity contribution is -0.141. The molecular formula is C14H13ClO3. The number of fused-ring (bicyclic) bond motifs is 1. The summed E-state index contributed by atoms with van der Waals surface area (Å²) in [6.45, 7) is 1.77. The van der Waals surface area contributed by atoms with Crippen LogP contribution in [0.3, 0.4) is 0 Å². The number of phenolic OH excluding ortho intramolecular Hbond substituents is 1. The Morgan fingerprint density at radius 1 is 1.28 bits per heavy atom. The van der Waals surface area contributed by atoms with Gasteiger partial charge in [-0.05, 0) is 36.1 Å². The van der Waals surface area contributed by atoms with Crippen LogP contribution < -0.4 is 0 Å². The Labute approximate surface area is 110 Å².